The fourth-order valence-electron chi connectivity index (χ4n) is 1.28. The lowest BCUT2D eigenvalue weighted by Crippen LogP contribution is -2.06. The molecule has 0 heterocycles. The molecule has 8 heteroatoms. The Balaban J connectivity index is 0.000000922. The summed E-state index contributed by atoms with van der Waals surface area (Å²) in [6.45, 7) is 3.30. The number of carbonyl (C=O) groups is 2. The molecule has 0 aliphatic rings. The van der Waals surface area contributed by atoms with E-state index < -0.39 is 23.7 Å². The van der Waals surface area contributed by atoms with Crippen LogP contribution in [0.4, 0.5) is 13.2 Å². The highest BCUT2D eigenvalue weighted by atomic mass is 19.4. The van der Waals surface area contributed by atoms with Gasteiger partial charge < -0.3 is 9.84 Å². The van der Waals surface area contributed by atoms with Crippen LogP contribution in [0.3, 0.4) is 0 Å². The Kier molecular flexibility index (Phi) is 8.87. The summed E-state index contributed by atoms with van der Waals surface area (Å²) in [4.78, 5) is 20.7. The summed E-state index contributed by atoms with van der Waals surface area (Å²) in [5.74, 6) is -1.55. The maximum Gasteiger partial charge on any atom is 0.416 e. The Morgan fingerprint density at radius 3 is 2.08 bits per heavy atom. The van der Waals surface area contributed by atoms with Crippen LogP contribution in [0.5, 0.6) is 0 Å². The van der Waals surface area contributed by atoms with Crippen molar-refractivity contribution in [3.05, 3.63) is 41.0 Å². The molecule has 0 radical (unpaired) electrons. The van der Waals surface area contributed by atoms with Crippen LogP contribution in [-0.2, 0) is 20.5 Å². The van der Waals surface area contributed by atoms with Crippen LogP contribution in [0, 0.1) is 11.3 Å². The van der Waals surface area contributed by atoms with E-state index in [9.17, 15) is 22.8 Å². The third-order valence-electron chi connectivity index (χ3n) is 2.47. The summed E-state index contributed by atoms with van der Waals surface area (Å²) >= 11 is 0. The second-order valence-corrected chi connectivity index (χ2v) is 4.26. The van der Waals surface area contributed by atoms with Gasteiger partial charge in [-0.3, -0.25) is 4.79 Å². The Morgan fingerprint density at radius 1 is 1.25 bits per heavy atom. The van der Waals surface area contributed by atoms with Gasteiger partial charge in [0.2, 0.25) is 0 Å². The standard InChI is InChI=1S/C13H10F3NO2.C3H6O2/c1-2-19-12(18)10(8-17)7-9-3-5-11(6-4-9)13(14,15)16;1-2-3(4)5/h3-7H,2H2,1H3;2H2,1H3,(H,4,5). The van der Waals surface area contributed by atoms with E-state index in [1.807, 2.05) is 0 Å². The number of benzene rings is 1. The van der Waals surface area contributed by atoms with Crippen LogP contribution < -0.4 is 0 Å². The lowest BCUT2D eigenvalue weighted by atomic mass is 10.1. The van der Waals surface area contributed by atoms with E-state index in [1.54, 1.807) is 19.9 Å². The van der Waals surface area contributed by atoms with Gasteiger partial charge in [-0.1, -0.05) is 19.1 Å². The number of carbonyl (C=O) groups excluding carboxylic acids is 1. The van der Waals surface area contributed by atoms with Crippen LogP contribution in [0.15, 0.2) is 29.8 Å². The van der Waals surface area contributed by atoms with Crippen molar-refractivity contribution in [1.29, 1.82) is 5.26 Å². The predicted octanol–water partition coefficient (Wildman–Crippen LogP) is 3.66. The second kappa shape index (κ2) is 10.0. The number of halogens is 3. The van der Waals surface area contributed by atoms with Crippen molar-refractivity contribution in [2.24, 2.45) is 0 Å². The molecule has 0 fully saturated rings. The molecular weight excluding hydrogens is 327 g/mol. The zero-order valence-corrected chi connectivity index (χ0v) is 13.1. The summed E-state index contributed by atoms with van der Waals surface area (Å²) in [5.41, 5.74) is -0.737. The molecule has 0 bridgehead atoms. The van der Waals surface area contributed by atoms with Gasteiger partial charge in [0.15, 0.2) is 0 Å². The smallest absolute Gasteiger partial charge is 0.416 e. The van der Waals surface area contributed by atoms with Crippen LogP contribution in [-0.4, -0.2) is 23.7 Å². The number of carboxylic acid groups (broad SMARTS) is 1. The normalized spacial score (nSPS) is 10.9. The zero-order valence-electron chi connectivity index (χ0n) is 13.1. The maximum atomic E-state index is 12.3. The van der Waals surface area contributed by atoms with Crippen LogP contribution in [0.25, 0.3) is 6.08 Å². The van der Waals surface area contributed by atoms with Gasteiger partial charge in [-0.05, 0) is 30.7 Å². The van der Waals surface area contributed by atoms with Crippen molar-refractivity contribution in [3.63, 3.8) is 0 Å². The fourth-order valence-corrected chi connectivity index (χ4v) is 1.28. The summed E-state index contributed by atoms with van der Waals surface area (Å²) in [5, 5.41) is 16.5. The van der Waals surface area contributed by atoms with E-state index in [0.717, 1.165) is 12.1 Å². The number of rotatable bonds is 4. The van der Waals surface area contributed by atoms with Gasteiger partial charge in [-0.25, -0.2) is 4.79 Å². The average molecular weight is 343 g/mol. The van der Waals surface area contributed by atoms with E-state index in [0.29, 0.717) is 5.56 Å². The molecule has 0 atom stereocenters. The lowest BCUT2D eigenvalue weighted by molar-refractivity contribution is -0.138. The topological polar surface area (TPSA) is 87.4 Å². The highest BCUT2D eigenvalue weighted by Gasteiger charge is 2.29. The minimum atomic E-state index is -4.42. The minimum absolute atomic E-state index is 0.116. The summed E-state index contributed by atoms with van der Waals surface area (Å²) in [7, 11) is 0. The highest BCUT2D eigenvalue weighted by molar-refractivity contribution is 5.97. The van der Waals surface area contributed by atoms with Crippen LogP contribution in [0.2, 0.25) is 0 Å². The molecule has 5 nitrogen and oxygen atoms in total. The van der Waals surface area contributed by atoms with Gasteiger partial charge in [-0.15, -0.1) is 0 Å². The molecule has 0 aliphatic carbocycles. The third-order valence-corrected chi connectivity index (χ3v) is 2.47. The largest absolute Gasteiger partial charge is 0.481 e. The summed E-state index contributed by atoms with van der Waals surface area (Å²) in [6, 6.07) is 5.77. The number of carboxylic acids is 1. The SMILES string of the molecule is CCC(=O)O.CCOC(=O)C(C#N)=Cc1ccc(C(F)(F)F)cc1. The van der Waals surface area contributed by atoms with E-state index >= 15 is 0 Å². The van der Waals surface area contributed by atoms with Crippen molar-refractivity contribution in [1.82, 2.24) is 0 Å². The number of alkyl halides is 3. The van der Waals surface area contributed by atoms with Crippen LogP contribution >= 0.6 is 0 Å². The molecule has 24 heavy (non-hydrogen) atoms. The number of nitrogens with zero attached hydrogens (tertiary/aromatic N) is 1. The van der Waals surface area contributed by atoms with Crippen molar-refractivity contribution < 1.29 is 32.6 Å². The molecule has 0 aliphatic heterocycles. The number of hydrogen-bond acceptors (Lipinski definition) is 4. The molecule has 0 saturated carbocycles. The van der Waals surface area contributed by atoms with Crippen molar-refractivity contribution in [2.45, 2.75) is 26.4 Å². The number of hydrogen-bond donors (Lipinski definition) is 1. The van der Waals surface area contributed by atoms with Gasteiger partial charge in [-0.2, -0.15) is 18.4 Å². The first kappa shape index (κ1) is 21.2. The monoisotopic (exact) mass is 343 g/mol. The number of aliphatic carboxylic acids is 1. The van der Waals surface area contributed by atoms with E-state index in [-0.39, 0.29) is 18.6 Å². The van der Waals surface area contributed by atoms with Gasteiger partial charge in [0.05, 0.1) is 12.2 Å². The Labute approximate surface area is 137 Å². The molecule has 0 unspecified atom stereocenters. The summed E-state index contributed by atoms with van der Waals surface area (Å²) < 4.78 is 41.6. The zero-order chi connectivity index (χ0) is 18.8. The first-order chi connectivity index (χ1) is 11.1. The van der Waals surface area contributed by atoms with Crippen LogP contribution in [0.1, 0.15) is 31.4 Å². The molecule has 1 aromatic carbocycles. The Hall–Kier alpha value is -2.82. The molecule has 0 aromatic heterocycles. The predicted molar refractivity (Wildman–Crippen MR) is 79.6 cm³/mol. The first-order valence-electron chi connectivity index (χ1n) is 6.83. The highest BCUT2D eigenvalue weighted by Crippen LogP contribution is 2.29. The molecule has 0 saturated heterocycles. The fraction of sp³-hybridized carbons (Fsp3) is 0.312. The summed E-state index contributed by atoms with van der Waals surface area (Å²) in [6.07, 6.45) is -3.01. The van der Waals surface area contributed by atoms with Gasteiger partial charge in [0.25, 0.3) is 0 Å². The Bertz CT molecular complexity index is 628. The lowest BCUT2D eigenvalue weighted by Gasteiger charge is -2.06. The third kappa shape index (κ3) is 7.98. The molecule has 1 N–H and O–H groups in total. The maximum absolute atomic E-state index is 12.3. The van der Waals surface area contributed by atoms with E-state index in [2.05, 4.69) is 4.74 Å². The van der Waals surface area contributed by atoms with Crippen molar-refractivity contribution >= 4 is 18.0 Å². The molecule has 1 aromatic rings. The molecular formula is C16H16F3NO4. The van der Waals surface area contributed by atoms with Gasteiger partial charge >= 0.3 is 18.1 Å². The minimum Gasteiger partial charge on any atom is -0.481 e. The number of esters is 1. The second-order valence-electron chi connectivity index (χ2n) is 4.26. The van der Waals surface area contributed by atoms with Gasteiger partial charge in [0, 0.05) is 6.42 Å². The van der Waals surface area contributed by atoms with Gasteiger partial charge in [0.1, 0.15) is 11.6 Å². The molecule has 1 rings (SSSR count). The average Bonchev–Trinajstić information content (AvgIpc) is 2.52. The molecule has 130 valence electrons. The van der Waals surface area contributed by atoms with E-state index in [1.165, 1.54) is 18.2 Å². The molecule has 0 amide bonds. The molecule has 0 spiro atoms. The number of ether oxygens (including phenoxy) is 1. The van der Waals surface area contributed by atoms with Crippen molar-refractivity contribution in [3.8, 4) is 6.07 Å². The van der Waals surface area contributed by atoms with E-state index in [4.69, 9.17) is 10.4 Å². The Morgan fingerprint density at radius 2 is 1.75 bits per heavy atom. The van der Waals surface area contributed by atoms with Crippen molar-refractivity contribution in [2.75, 3.05) is 6.61 Å². The number of nitriles is 1. The first-order valence-corrected chi connectivity index (χ1v) is 6.83. The quantitative estimate of drug-likeness (QED) is 0.512.